The first-order valence-corrected chi connectivity index (χ1v) is 13.4. The molecule has 202 valence electrons. The average Bonchev–Trinajstić information content (AvgIpc) is 2.91. The van der Waals surface area contributed by atoms with E-state index in [9.17, 15) is 22.8 Å². The second kappa shape index (κ2) is 11.4. The highest BCUT2D eigenvalue weighted by Gasteiger charge is 2.37. The molecule has 0 atom stereocenters. The molecule has 39 heavy (non-hydrogen) atoms. The van der Waals surface area contributed by atoms with Crippen molar-refractivity contribution in [2.75, 3.05) is 18.6 Å². The topological polar surface area (TPSA) is 128 Å². The zero-order chi connectivity index (χ0) is 28.2. The normalized spacial score (nSPS) is 14.8. The first-order chi connectivity index (χ1) is 18.6. The molecule has 10 nitrogen and oxygen atoms in total. The molecule has 4 rings (SSSR count). The van der Waals surface area contributed by atoms with Crippen LogP contribution in [0.1, 0.15) is 24.5 Å². The van der Waals surface area contributed by atoms with Crippen LogP contribution in [-0.2, 0) is 19.7 Å². The zero-order valence-corrected chi connectivity index (χ0v) is 22.3. The maximum absolute atomic E-state index is 13.3. The summed E-state index contributed by atoms with van der Waals surface area (Å²) in [5, 5.41) is 2.14. The van der Waals surface area contributed by atoms with Crippen molar-refractivity contribution in [3.05, 3.63) is 83.4 Å². The van der Waals surface area contributed by atoms with Gasteiger partial charge in [-0.1, -0.05) is 24.6 Å². The fourth-order valence-corrected chi connectivity index (χ4v) is 4.61. The fraction of sp³-hybridized carbons (Fsp3) is 0.179. The average molecular weight is 551 g/mol. The number of urea groups is 1. The molecule has 3 aromatic rings. The van der Waals surface area contributed by atoms with Crippen LogP contribution in [0, 0.1) is 6.92 Å². The minimum absolute atomic E-state index is 0.0795. The van der Waals surface area contributed by atoms with Crippen LogP contribution in [0.5, 0.6) is 17.2 Å². The summed E-state index contributed by atoms with van der Waals surface area (Å²) in [4.78, 5) is 39.3. The minimum Gasteiger partial charge on any atom is -0.497 e. The molecule has 1 aliphatic rings. The number of nitrogens with zero attached hydrogens (tertiary/aromatic N) is 1. The Labute approximate surface area is 225 Å². The van der Waals surface area contributed by atoms with Gasteiger partial charge in [0, 0.05) is 11.6 Å². The fourth-order valence-electron chi connectivity index (χ4n) is 3.66. The summed E-state index contributed by atoms with van der Waals surface area (Å²) in [5.74, 6) is -1.16. The van der Waals surface area contributed by atoms with Crippen molar-refractivity contribution in [2.24, 2.45) is 0 Å². The maximum atomic E-state index is 13.3. The molecule has 0 aromatic heterocycles. The number of carbonyl (C=O) groups excluding carboxylic acids is 3. The quantitative estimate of drug-likeness (QED) is 0.238. The van der Waals surface area contributed by atoms with E-state index in [1.54, 1.807) is 24.3 Å². The molecule has 0 saturated carbocycles. The van der Waals surface area contributed by atoms with Crippen LogP contribution in [0.4, 0.5) is 10.5 Å². The molecule has 1 heterocycles. The van der Waals surface area contributed by atoms with Gasteiger partial charge in [-0.3, -0.25) is 14.9 Å². The second-order valence-corrected chi connectivity index (χ2v) is 10.1. The van der Waals surface area contributed by atoms with Gasteiger partial charge in [0.05, 0.1) is 19.4 Å². The summed E-state index contributed by atoms with van der Waals surface area (Å²) >= 11 is 0. The van der Waals surface area contributed by atoms with Crippen LogP contribution < -0.4 is 23.9 Å². The van der Waals surface area contributed by atoms with Crippen molar-refractivity contribution >= 4 is 39.7 Å². The number of methoxy groups -OCH3 is 1. The molecule has 4 amide bonds. The van der Waals surface area contributed by atoms with Gasteiger partial charge >= 0.3 is 16.1 Å². The van der Waals surface area contributed by atoms with Crippen LogP contribution in [0.3, 0.4) is 0 Å². The van der Waals surface area contributed by atoms with Crippen LogP contribution in [0.25, 0.3) is 6.08 Å². The number of carbonyl (C=O) groups is 3. The van der Waals surface area contributed by atoms with Gasteiger partial charge in [0.25, 0.3) is 11.8 Å². The van der Waals surface area contributed by atoms with Gasteiger partial charge in [-0.2, -0.15) is 8.42 Å². The summed E-state index contributed by atoms with van der Waals surface area (Å²) in [7, 11) is -2.87. The highest BCUT2D eigenvalue weighted by molar-refractivity contribution is 7.87. The molecule has 0 unspecified atom stereocenters. The smallest absolute Gasteiger partial charge is 0.339 e. The van der Waals surface area contributed by atoms with E-state index in [2.05, 4.69) is 5.32 Å². The van der Waals surface area contributed by atoms with Gasteiger partial charge in [0.2, 0.25) is 0 Å². The van der Waals surface area contributed by atoms with E-state index in [4.69, 9.17) is 13.7 Å². The van der Waals surface area contributed by atoms with E-state index in [1.165, 1.54) is 49.6 Å². The Balaban J connectivity index is 1.70. The third kappa shape index (κ3) is 6.10. The first-order valence-electron chi connectivity index (χ1n) is 12.0. The number of hydrogen-bond donors (Lipinski definition) is 1. The lowest BCUT2D eigenvalue weighted by Gasteiger charge is -2.26. The molecular weight excluding hydrogens is 524 g/mol. The van der Waals surface area contributed by atoms with Gasteiger partial charge in [-0.15, -0.1) is 0 Å². The molecule has 0 radical (unpaired) electrons. The standard InChI is InChI=1S/C28H26N2O8S/c1-4-15-37-21-11-8-20(9-12-21)30-27(32)24(26(31)29-28(30)33)16-19-7-10-22(36-3)17-25(19)38-39(34,35)23-13-5-18(2)6-14-23/h5-14,16-17H,4,15H2,1-3H3,(H,29,31,33)/b24-16-. The van der Waals surface area contributed by atoms with Gasteiger partial charge in [0.1, 0.15) is 22.0 Å². The molecule has 1 saturated heterocycles. The van der Waals surface area contributed by atoms with E-state index in [-0.39, 0.29) is 27.6 Å². The van der Waals surface area contributed by atoms with E-state index < -0.39 is 33.5 Å². The summed E-state index contributed by atoms with van der Waals surface area (Å²) in [6.45, 7) is 4.29. The summed E-state index contributed by atoms with van der Waals surface area (Å²) < 4.78 is 42.1. The number of ether oxygens (including phenoxy) is 2. The van der Waals surface area contributed by atoms with E-state index >= 15 is 0 Å². The Kier molecular flexibility index (Phi) is 8.01. The molecule has 11 heteroatoms. The molecule has 0 aliphatic carbocycles. The van der Waals surface area contributed by atoms with E-state index in [1.807, 2.05) is 13.8 Å². The Morgan fingerprint density at radius 2 is 1.59 bits per heavy atom. The minimum atomic E-state index is -4.27. The monoisotopic (exact) mass is 550 g/mol. The van der Waals surface area contributed by atoms with Crippen molar-refractivity contribution in [3.63, 3.8) is 0 Å². The van der Waals surface area contributed by atoms with Crippen molar-refractivity contribution in [1.82, 2.24) is 5.32 Å². The third-order valence-electron chi connectivity index (χ3n) is 5.70. The molecular formula is C28H26N2O8S. The number of rotatable bonds is 9. The predicted octanol–water partition coefficient (Wildman–Crippen LogP) is 4.23. The van der Waals surface area contributed by atoms with E-state index in [0.717, 1.165) is 23.0 Å². The lowest BCUT2D eigenvalue weighted by molar-refractivity contribution is -0.122. The van der Waals surface area contributed by atoms with Gasteiger partial charge in [0.15, 0.2) is 5.75 Å². The van der Waals surface area contributed by atoms with Gasteiger partial charge in [-0.25, -0.2) is 9.69 Å². The Morgan fingerprint density at radius 3 is 2.23 bits per heavy atom. The molecule has 0 spiro atoms. The van der Waals surface area contributed by atoms with E-state index in [0.29, 0.717) is 12.4 Å². The molecule has 0 bridgehead atoms. The first kappa shape index (κ1) is 27.4. The lowest BCUT2D eigenvalue weighted by Crippen LogP contribution is -2.54. The third-order valence-corrected chi connectivity index (χ3v) is 6.95. The van der Waals surface area contributed by atoms with Crippen molar-refractivity contribution in [1.29, 1.82) is 0 Å². The molecule has 1 N–H and O–H groups in total. The second-order valence-electron chi connectivity index (χ2n) is 8.55. The van der Waals surface area contributed by atoms with Crippen molar-refractivity contribution < 1.29 is 36.5 Å². The highest BCUT2D eigenvalue weighted by Crippen LogP contribution is 2.31. The summed E-state index contributed by atoms with van der Waals surface area (Å²) in [5.41, 5.74) is 0.781. The van der Waals surface area contributed by atoms with Crippen LogP contribution in [0.2, 0.25) is 0 Å². The lowest BCUT2D eigenvalue weighted by atomic mass is 10.1. The number of barbiturate groups is 1. The Hall–Kier alpha value is -4.64. The summed E-state index contributed by atoms with van der Waals surface area (Å²) in [6.07, 6.45) is 1.98. The van der Waals surface area contributed by atoms with Crippen molar-refractivity contribution in [2.45, 2.75) is 25.2 Å². The van der Waals surface area contributed by atoms with Gasteiger partial charge in [-0.05, 0) is 68.0 Å². The number of hydrogen-bond acceptors (Lipinski definition) is 8. The molecule has 1 aliphatic heterocycles. The Bertz CT molecular complexity index is 1550. The maximum Gasteiger partial charge on any atom is 0.339 e. The van der Waals surface area contributed by atoms with Crippen LogP contribution in [0.15, 0.2) is 77.2 Å². The van der Waals surface area contributed by atoms with Crippen LogP contribution >= 0.6 is 0 Å². The molecule has 3 aromatic carbocycles. The predicted molar refractivity (Wildman–Crippen MR) is 143 cm³/mol. The molecule has 1 fully saturated rings. The highest BCUT2D eigenvalue weighted by atomic mass is 32.2. The number of anilines is 1. The zero-order valence-electron chi connectivity index (χ0n) is 21.5. The largest absolute Gasteiger partial charge is 0.497 e. The number of imide groups is 2. The number of amides is 4. The SMILES string of the molecule is CCCOc1ccc(N2C(=O)NC(=O)/C(=C/c3ccc(OC)cc3OS(=O)(=O)c3ccc(C)cc3)C2=O)cc1. The van der Waals surface area contributed by atoms with Crippen LogP contribution in [-0.4, -0.2) is 40.0 Å². The Morgan fingerprint density at radius 1 is 0.923 bits per heavy atom. The number of aryl methyl sites for hydroxylation is 1. The summed E-state index contributed by atoms with van der Waals surface area (Å²) in [6, 6.07) is 15.7. The number of nitrogens with one attached hydrogen (secondary N) is 1. The van der Waals surface area contributed by atoms with Crippen molar-refractivity contribution in [3.8, 4) is 17.2 Å². The number of benzene rings is 3. The van der Waals surface area contributed by atoms with Gasteiger partial charge < -0.3 is 13.7 Å².